The fourth-order valence-electron chi connectivity index (χ4n) is 5.00. The quantitative estimate of drug-likeness (QED) is 0.106. The van der Waals surface area contributed by atoms with Crippen LogP contribution in [0.15, 0.2) is 59.7 Å². The van der Waals surface area contributed by atoms with E-state index >= 15 is 0 Å². The van der Waals surface area contributed by atoms with Gasteiger partial charge in [-0.3, -0.25) is 4.79 Å². The Morgan fingerprint density at radius 3 is 1.93 bits per heavy atom. The third-order valence-electron chi connectivity index (χ3n) is 6.67. The van der Waals surface area contributed by atoms with E-state index in [0.717, 1.165) is 6.42 Å². The number of methoxy groups -OCH3 is 4. The number of ether oxygens (including phenoxy) is 6. The average molecular weight is 607 g/mol. The summed E-state index contributed by atoms with van der Waals surface area (Å²) in [5, 5.41) is 3.99. The maximum atomic E-state index is 12.9. The molecule has 0 fully saturated rings. The van der Waals surface area contributed by atoms with Crippen molar-refractivity contribution in [3.05, 3.63) is 71.3 Å². The van der Waals surface area contributed by atoms with Gasteiger partial charge in [0.2, 0.25) is 5.75 Å². The molecule has 0 radical (unpaired) electrons. The van der Waals surface area contributed by atoms with Crippen LogP contribution >= 0.6 is 0 Å². The van der Waals surface area contributed by atoms with Gasteiger partial charge in [-0.15, -0.1) is 0 Å². The first kappa shape index (κ1) is 33.8. The van der Waals surface area contributed by atoms with Crippen molar-refractivity contribution in [2.45, 2.75) is 46.5 Å². The molecule has 10 nitrogen and oxygen atoms in total. The maximum absolute atomic E-state index is 12.9. The molecule has 0 unspecified atom stereocenters. The number of nitrogens with zero attached hydrogens (tertiary/aromatic N) is 1. The third kappa shape index (κ3) is 9.13. The summed E-state index contributed by atoms with van der Waals surface area (Å²) >= 11 is 0. The van der Waals surface area contributed by atoms with Crippen LogP contribution in [0.2, 0.25) is 0 Å². The van der Waals surface area contributed by atoms with E-state index in [1.807, 2.05) is 24.3 Å². The summed E-state index contributed by atoms with van der Waals surface area (Å²) in [6, 6.07) is 15.7. The van der Waals surface area contributed by atoms with E-state index < -0.39 is 11.9 Å². The summed E-state index contributed by atoms with van der Waals surface area (Å²) < 4.78 is 32.5. The molecule has 3 rings (SSSR count). The lowest BCUT2D eigenvalue weighted by Crippen LogP contribution is -2.25. The highest BCUT2D eigenvalue weighted by Crippen LogP contribution is 2.39. The standard InChI is InChI=1S/C34H42N2O8/c1-33(2,3)21-34(4,5)24-11-13-25(14-12-24)43-20-30(37)36-35-19-22-10-15-26(27(16-22)39-6)44-32(38)23-17-28(40-7)31(42-9)29(18-23)41-8/h10-19H,20-21H2,1-9H3,(H,36,37). The van der Waals surface area contributed by atoms with Crippen molar-refractivity contribution in [2.24, 2.45) is 10.5 Å². The molecular weight excluding hydrogens is 564 g/mol. The second kappa shape index (κ2) is 14.6. The van der Waals surface area contributed by atoms with E-state index in [9.17, 15) is 9.59 Å². The highest BCUT2D eigenvalue weighted by Gasteiger charge is 2.27. The zero-order chi connectivity index (χ0) is 32.5. The molecule has 0 aliphatic heterocycles. The number of hydrazone groups is 1. The number of carbonyl (C=O) groups is 2. The number of hydrogen-bond donors (Lipinski definition) is 1. The number of nitrogens with one attached hydrogen (secondary N) is 1. The molecule has 0 aromatic heterocycles. The van der Waals surface area contributed by atoms with Crippen LogP contribution in [0.25, 0.3) is 0 Å². The fourth-order valence-corrected chi connectivity index (χ4v) is 5.00. The number of carbonyl (C=O) groups excluding carboxylic acids is 2. The second-order valence-electron chi connectivity index (χ2n) is 11.9. The van der Waals surface area contributed by atoms with Crippen molar-refractivity contribution in [2.75, 3.05) is 35.0 Å². The van der Waals surface area contributed by atoms with Crippen LogP contribution in [0.5, 0.6) is 34.5 Å². The first-order chi connectivity index (χ1) is 20.8. The van der Waals surface area contributed by atoms with Gasteiger partial charge in [0.05, 0.1) is 40.2 Å². The molecule has 10 heteroatoms. The average Bonchev–Trinajstić information content (AvgIpc) is 2.98. The molecule has 0 saturated carbocycles. The molecule has 236 valence electrons. The van der Waals surface area contributed by atoms with Crippen molar-refractivity contribution in [3.63, 3.8) is 0 Å². The van der Waals surface area contributed by atoms with Gasteiger partial charge in [-0.05, 0) is 70.8 Å². The van der Waals surface area contributed by atoms with Gasteiger partial charge in [-0.2, -0.15) is 5.10 Å². The van der Waals surface area contributed by atoms with Crippen molar-refractivity contribution in [3.8, 4) is 34.5 Å². The van der Waals surface area contributed by atoms with Gasteiger partial charge in [0.1, 0.15) is 5.75 Å². The van der Waals surface area contributed by atoms with Crippen molar-refractivity contribution in [1.29, 1.82) is 0 Å². The smallest absolute Gasteiger partial charge is 0.343 e. The molecule has 1 amide bonds. The Morgan fingerprint density at radius 1 is 0.773 bits per heavy atom. The highest BCUT2D eigenvalue weighted by atomic mass is 16.6. The van der Waals surface area contributed by atoms with Gasteiger partial charge < -0.3 is 28.4 Å². The summed E-state index contributed by atoms with van der Waals surface area (Å²) in [7, 11) is 5.84. The minimum Gasteiger partial charge on any atom is -0.493 e. The maximum Gasteiger partial charge on any atom is 0.343 e. The molecule has 0 aliphatic carbocycles. The highest BCUT2D eigenvalue weighted by molar-refractivity contribution is 5.93. The van der Waals surface area contributed by atoms with Crippen molar-refractivity contribution < 1.29 is 38.0 Å². The molecule has 0 heterocycles. The Balaban J connectivity index is 1.58. The fraction of sp³-hybridized carbons (Fsp3) is 0.382. The lowest BCUT2D eigenvalue weighted by Gasteiger charge is -2.33. The lowest BCUT2D eigenvalue weighted by atomic mass is 9.72. The third-order valence-corrected chi connectivity index (χ3v) is 6.67. The van der Waals surface area contributed by atoms with Gasteiger partial charge >= 0.3 is 5.97 Å². The lowest BCUT2D eigenvalue weighted by molar-refractivity contribution is -0.123. The predicted octanol–water partition coefficient (Wildman–Crippen LogP) is 6.18. The van der Waals surface area contributed by atoms with Gasteiger partial charge in [0.15, 0.2) is 29.6 Å². The zero-order valence-electron chi connectivity index (χ0n) is 26.9. The first-order valence-electron chi connectivity index (χ1n) is 14.1. The number of benzene rings is 3. The van der Waals surface area contributed by atoms with Crippen molar-refractivity contribution >= 4 is 18.1 Å². The number of esters is 1. The van der Waals surface area contributed by atoms with Crippen LogP contribution < -0.4 is 33.8 Å². The van der Waals surface area contributed by atoms with Crippen LogP contribution in [-0.2, 0) is 10.2 Å². The predicted molar refractivity (Wildman–Crippen MR) is 169 cm³/mol. The zero-order valence-corrected chi connectivity index (χ0v) is 26.9. The Labute approximate surface area is 259 Å². The van der Waals surface area contributed by atoms with E-state index in [1.165, 1.54) is 52.3 Å². The summed E-state index contributed by atoms with van der Waals surface area (Å²) in [5.74, 6) is 1.00. The molecule has 0 spiro atoms. The Hall–Kier alpha value is -4.73. The van der Waals surface area contributed by atoms with Crippen LogP contribution in [0.1, 0.15) is 62.5 Å². The number of rotatable bonds is 13. The Kier molecular flexibility index (Phi) is 11.2. The van der Waals surface area contributed by atoms with Gasteiger partial charge in [0, 0.05) is 0 Å². The molecule has 0 bridgehead atoms. The van der Waals surface area contributed by atoms with Crippen LogP contribution in [0.3, 0.4) is 0 Å². The van der Waals surface area contributed by atoms with Gasteiger partial charge in [-0.1, -0.05) is 46.8 Å². The minimum atomic E-state index is -0.653. The molecule has 0 saturated heterocycles. The summed E-state index contributed by atoms with van der Waals surface area (Å²) in [6.07, 6.45) is 2.48. The molecule has 0 atom stereocenters. The SMILES string of the molecule is COc1cc(C=NNC(=O)COc2ccc(C(C)(C)CC(C)(C)C)cc2)ccc1OC(=O)c1cc(OC)c(OC)c(OC)c1. The largest absolute Gasteiger partial charge is 0.493 e. The topological polar surface area (TPSA) is 114 Å². The van der Waals surface area contributed by atoms with Crippen molar-refractivity contribution in [1.82, 2.24) is 5.43 Å². The minimum absolute atomic E-state index is 0.0181. The molecule has 44 heavy (non-hydrogen) atoms. The van der Waals surface area contributed by atoms with E-state index in [-0.39, 0.29) is 28.7 Å². The molecule has 3 aromatic carbocycles. The molecular formula is C34H42N2O8. The molecule has 3 aromatic rings. The number of hydrogen-bond acceptors (Lipinski definition) is 9. The van der Waals surface area contributed by atoms with Crippen LogP contribution in [-0.4, -0.2) is 53.1 Å². The van der Waals surface area contributed by atoms with E-state index in [4.69, 9.17) is 28.4 Å². The van der Waals surface area contributed by atoms with Gasteiger partial charge in [0.25, 0.3) is 5.91 Å². The Morgan fingerprint density at radius 2 is 1.39 bits per heavy atom. The summed E-state index contributed by atoms with van der Waals surface area (Å²) in [5.41, 5.74) is 4.68. The normalized spacial score (nSPS) is 11.6. The molecule has 0 aliphatic rings. The molecule has 1 N–H and O–H groups in total. The Bertz CT molecular complexity index is 1450. The first-order valence-corrected chi connectivity index (χ1v) is 14.1. The summed E-state index contributed by atoms with van der Waals surface area (Å²) in [6.45, 7) is 11.0. The number of amides is 1. The monoisotopic (exact) mass is 606 g/mol. The summed E-state index contributed by atoms with van der Waals surface area (Å²) in [4.78, 5) is 25.2. The van der Waals surface area contributed by atoms with E-state index in [0.29, 0.717) is 34.3 Å². The van der Waals surface area contributed by atoms with Crippen LogP contribution in [0, 0.1) is 5.41 Å². The van der Waals surface area contributed by atoms with E-state index in [2.05, 4.69) is 45.1 Å². The van der Waals surface area contributed by atoms with Crippen LogP contribution in [0.4, 0.5) is 0 Å². The van der Waals surface area contributed by atoms with Gasteiger partial charge in [-0.25, -0.2) is 10.2 Å². The second-order valence-corrected chi connectivity index (χ2v) is 11.9. The van der Waals surface area contributed by atoms with E-state index in [1.54, 1.807) is 18.2 Å².